The molecule has 0 aromatic heterocycles. The van der Waals surface area contributed by atoms with Gasteiger partial charge in [0.1, 0.15) is 25.2 Å². The Labute approximate surface area is 308 Å². The van der Waals surface area contributed by atoms with E-state index < -0.39 is 23.3 Å². The van der Waals surface area contributed by atoms with Crippen molar-refractivity contribution in [3.8, 4) is 0 Å². The van der Waals surface area contributed by atoms with Crippen LogP contribution in [-0.4, -0.2) is 75.5 Å². The van der Waals surface area contributed by atoms with Crippen LogP contribution >= 0.6 is 136 Å². The Hall–Kier alpha value is 1.15. The molecule has 1 saturated heterocycles. The fraction of sp³-hybridized carbons (Fsp3) is 0.400. The predicted molar refractivity (Wildman–Crippen MR) is 196 cm³/mol. The fourth-order valence-electron chi connectivity index (χ4n) is 3.44. The van der Waals surface area contributed by atoms with Gasteiger partial charge in [-0.1, -0.05) is 0 Å². The van der Waals surface area contributed by atoms with Crippen LogP contribution in [0.4, 0.5) is 0 Å². The first-order chi connectivity index (χ1) is 18.4. The van der Waals surface area contributed by atoms with E-state index in [-0.39, 0.29) is 19.8 Å². The zero-order valence-corrected chi connectivity index (χ0v) is 33.5. The van der Waals surface area contributed by atoms with Gasteiger partial charge in [0.2, 0.25) is 0 Å². The third-order valence-electron chi connectivity index (χ3n) is 5.74. The SMILES string of the molecule is CC(COC(=O)c1cc(I)cc(I)c1I)(COC(=O)c1c(I)ccc(I)c1I)C(=O)OCCN1CCOCC1. The van der Waals surface area contributed by atoms with Crippen LogP contribution in [-0.2, 0) is 23.7 Å². The number of ether oxygens (including phenoxy) is 4. The molecule has 14 heteroatoms. The predicted octanol–water partition coefficient (Wildman–Crippen LogP) is 6.21. The Bertz CT molecular complexity index is 1240. The number of nitrogens with zero attached hydrogens (tertiary/aromatic N) is 1. The minimum Gasteiger partial charge on any atom is -0.464 e. The van der Waals surface area contributed by atoms with Gasteiger partial charge in [0.05, 0.1) is 24.3 Å². The number of esters is 3. The van der Waals surface area contributed by atoms with Crippen LogP contribution in [0.2, 0.25) is 0 Å². The molecule has 1 unspecified atom stereocenters. The van der Waals surface area contributed by atoms with Gasteiger partial charge in [-0.2, -0.15) is 0 Å². The molecule has 0 aliphatic carbocycles. The molecule has 212 valence electrons. The molecule has 3 rings (SSSR count). The molecule has 0 saturated carbocycles. The summed E-state index contributed by atoms with van der Waals surface area (Å²) in [6, 6.07) is 7.46. The number of morpholine rings is 1. The lowest BCUT2D eigenvalue weighted by molar-refractivity contribution is -0.161. The van der Waals surface area contributed by atoms with Crippen LogP contribution in [0.5, 0.6) is 0 Å². The van der Waals surface area contributed by atoms with Crippen molar-refractivity contribution in [1.82, 2.24) is 4.90 Å². The zero-order chi connectivity index (χ0) is 28.7. The fourth-order valence-corrected chi connectivity index (χ4v) is 8.15. The van der Waals surface area contributed by atoms with Crippen molar-refractivity contribution in [2.75, 3.05) is 52.7 Å². The number of halogens is 6. The van der Waals surface area contributed by atoms with E-state index in [0.717, 1.165) is 34.5 Å². The van der Waals surface area contributed by atoms with Crippen LogP contribution < -0.4 is 0 Å². The van der Waals surface area contributed by atoms with E-state index in [1.165, 1.54) is 0 Å². The van der Waals surface area contributed by atoms with Crippen molar-refractivity contribution in [3.63, 3.8) is 0 Å². The molecule has 0 amide bonds. The Balaban J connectivity index is 1.74. The molecule has 1 heterocycles. The minimum absolute atomic E-state index is 0.163. The van der Waals surface area contributed by atoms with Crippen molar-refractivity contribution in [2.45, 2.75) is 6.92 Å². The summed E-state index contributed by atoms with van der Waals surface area (Å²) in [5.41, 5.74) is -0.559. The van der Waals surface area contributed by atoms with Crippen LogP contribution in [0.25, 0.3) is 0 Å². The molecule has 39 heavy (non-hydrogen) atoms. The van der Waals surface area contributed by atoms with Gasteiger partial charge in [0.15, 0.2) is 0 Å². The van der Waals surface area contributed by atoms with Crippen LogP contribution in [0.3, 0.4) is 0 Å². The molecule has 8 nitrogen and oxygen atoms in total. The largest absolute Gasteiger partial charge is 0.464 e. The first-order valence-electron chi connectivity index (χ1n) is 11.5. The van der Waals surface area contributed by atoms with Crippen molar-refractivity contribution >= 4 is 153 Å². The van der Waals surface area contributed by atoms with Crippen molar-refractivity contribution in [2.24, 2.45) is 5.41 Å². The van der Waals surface area contributed by atoms with E-state index in [1.54, 1.807) is 13.0 Å². The number of hydrogen-bond acceptors (Lipinski definition) is 8. The maximum absolute atomic E-state index is 13.3. The van der Waals surface area contributed by atoms with E-state index >= 15 is 0 Å². The van der Waals surface area contributed by atoms with Crippen molar-refractivity contribution < 1.29 is 33.3 Å². The van der Waals surface area contributed by atoms with E-state index in [9.17, 15) is 14.4 Å². The second-order valence-electron chi connectivity index (χ2n) is 8.77. The van der Waals surface area contributed by atoms with Gasteiger partial charge in [-0.05, 0) is 167 Å². The van der Waals surface area contributed by atoms with Gasteiger partial charge >= 0.3 is 17.9 Å². The quantitative estimate of drug-likeness (QED) is 0.120. The number of hydrogen-bond donors (Lipinski definition) is 0. The Kier molecular flexibility index (Phi) is 14.5. The molecule has 2 aromatic carbocycles. The molecule has 0 spiro atoms. The smallest absolute Gasteiger partial charge is 0.340 e. The van der Waals surface area contributed by atoms with Crippen molar-refractivity contribution in [3.05, 3.63) is 56.8 Å². The summed E-state index contributed by atoms with van der Waals surface area (Å²) in [6.45, 7) is 4.50. The summed E-state index contributed by atoms with van der Waals surface area (Å²) < 4.78 is 27.3. The number of carbonyl (C=O) groups excluding carboxylic acids is 3. The van der Waals surface area contributed by atoms with Gasteiger partial charge in [-0.3, -0.25) is 9.69 Å². The van der Waals surface area contributed by atoms with Crippen molar-refractivity contribution in [1.29, 1.82) is 0 Å². The number of benzene rings is 2. The summed E-state index contributed by atoms with van der Waals surface area (Å²) in [6.07, 6.45) is 0. The summed E-state index contributed by atoms with van der Waals surface area (Å²) in [5, 5.41) is 0. The van der Waals surface area contributed by atoms with E-state index in [0.29, 0.717) is 30.9 Å². The minimum atomic E-state index is -1.41. The Morgan fingerprint density at radius 1 is 0.846 bits per heavy atom. The molecule has 0 bridgehead atoms. The average Bonchev–Trinajstić information content (AvgIpc) is 2.91. The second-order valence-corrected chi connectivity index (χ2v) is 15.7. The highest BCUT2D eigenvalue weighted by atomic mass is 127. The summed E-state index contributed by atoms with van der Waals surface area (Å²) >= 11 is 12.8. The summed E-state index contributed by atoms with van der Waals surface area (Å²) in [7, 11) is 0. The molecule has 0 radical (unpaired) electrons. The van der Waals surface area contributed by atoms with Crippen LogP contribution in [0.15, 0.2) is 24.3 Å². The lowest BCUT2D eigenvalue weighted by Crippen LogP contribution is -2.42. The average molecular weight is 1210 g/mol. The number of rotatable bonds is 10. The maximum atomic E-state index is 13.3. The van der Waals surface area contributed by atoms with Crippen LogP contribution in [0, 0.1) is 26.8 Å². The first-order valence-corrected chi connectivity index (χ1v) is 18.0. The monoisotopic (exact) mass is 1210 g/mol. The lowest BCUT2D eigenvalue weighted by atomic mass is 9.93. The normalized spacial score (nSPS) is 15.4. The Morgan fingerprint density at radius 3 is 2.13 bits per heavy atom. The van der Waals surface area contributed by atoms with E-state index in [2.05, 4.69) is 140 Å². The second kappa shape index (κ2) is 16.3. The topological polar surface area (TPSA) is 91.4 Å². The van der Waals surface area contributed by atoms with Gasteiger partial charge < -0.3 is 18.9 Å². The third-order valence-corrected chi connectivity index (χ3v) is 13.4. The maximum Gasteiger partial charge on any atom is 0.340 e. The highest BCUT2D eigenvalue weighted by Gasteiger charge is 2.39. The molecule has 1 atom stereocenters. The molecular weight excluding hydrogens is 1190 g/mol. The lowest BCUT2D eigenvalue weighted by Gasteiger charge is -2.29. The van der Waals surface area contributed by atoms with Crippen LogP contribution in [0.1, 0.15) is 27.6 Å². The molecule has 1 aliphatic heterocycles. The third kappa shape index (κ3) is 9.83. The van der Waals surface area contributed by atoms with Gasteiger partial charge in [0.25, 0.3) is 0 Å². The summed E-state index contributed by atoms with van der Waals surface area (Å²) in [5.74, 6) is -1.71. The van der Waals surface area contributed by atoms with E-state index in [1.807, 2.05) is 18.2 Å². The van der Waals surface area contributed by atoms with Gasteiger partial charge in [0, 0.05) is 41.1 Å². The van der Waals surface area contributed by atoms with Gasteiger partial charge in [-0.15, -0.1) is 0 Å². The molecule has 1 fully saturated rings. The molecule has 1 aliphatic rings. The Morgan fingerprint density at radius 2 is 1.46 bits per heavy atom. The number of carbonyl (C=O) groups is 3. The first kappa shape index (κ1) is 34.6. The molecular formula is C25H23I6NO7. The molecule has 2 aromatic rings. The zero-order valence-electron chi connectivity index (χ0n) is 20.5. The van der Waals surface area contributed by atoms with Gasteiger partial charge in [-0.25, -0.2) is 9.59 Å². The summed E-state index contributed by atoms with van der Waals surface area (Å²) in [4.78, 5) is 41.6. The standard InChI is InChI=1S/C25H23I6NO7/c1-25(24(35)37-9-6-32-4-7-36-8-5-32,12-38-22(33)15-10-14(26)11-18(29)20(15)30)13-39-23(34)19-16(27)2-3-17(28)21(19)31/h2-3,10-11H,4-9,12-13H2,1H3. The highest BCUT2D eigenvalue weighted by Crippen LogP contribution is 2.28. The highest BCUT2D eigenvalue weighted by molar-refractivity contribution is 14.1. The van der Waals surface area contributed by atoms with E-state index in [4.69, 9.17) is 18.9 Å². The molecule has 0 N–H and O–H groups in total.